The third-order valence-corrected chi connectivity index (χ3v) is 5.39. The molecular weight excluding hydrogens is 356 g/mol. The van der Waals surface area contributed by atoms with Gasteiger partial charge in [0, 0.05) is 24.6 Å². The summed E-state index contributed by atoms with van der Waals surface area (Å²) in [5.74, 6) is -0.0553. The maximum absolute atomic E-state index is 12.5. The summed E-state index contributed by atoms with van der Waals surface area (Å²) >= 11 is 7.93. The van der Waals surface area contributed by atoms with Crippen molar-refractivity contribution in [3.63, 3.8) is 0 Å². The van der Waals surface area contributed by atoms with Crippen LogP contribution in [0.1, 0.15) is 23.3 Å². The van der Waals surface area contributed by atoms with Crippen molar-refractivity contribution in [2.75, 3.05) is 25.0 Å². The highest BCUT2D eigenvalue weighted by Crippen LogP contribution is 2.23. The van der Waals surface area contributed by atoms with Gasteiger partial charge in [-0.3, -0.25) is 9.69 Å². The molecule has 2 heterocycles. The first-order valence-electron chi connectivity index (χ1n) is 8.52. The molecule has 1 aliphatic rings. The van der Waals surface area contributed by atoms with E-state index in [9.17, 15) is 4.79 Å². The number of hydrogen-bond acceptors (Lipinski definition) is 4. The van der Waals surface area contributed by atoms with E-state index in [1.165, 1.54) is 4.88 Å². The first-order chi connectivity index (χ1) is 12.1. The van der Waals surface area contributed by atoms with Gasteiger partial charge in [0.2, 0.25) is 5.91 Å². The number of benzene rings is 1. The largest absolute Gasteiger partial charge is 0.377 e. The Morgan fingerprint density at radius 2 is 2.32 bits per heavy atom. The Morgan fingerprint density at radius 1 is 1.44 bits per heavy atom. The van der Waals surface area contributed by atoms with Crippen LogP contribution in [0.15, 0.2) is 35.7 Å². The van der Waals surface area contributed by atoms with Crippen LogP contribution in [-0.2, 0) is 16.1 Å². The molecule has 1 saturated heterocycles. The summed E-state index contributed by atoms with van der Waals surface area (Å²) in [7, 11) is 0. The number of carbonyl (C=O) groups excluding carboxylic acids is 1. The molecule has 1 fully saturated rings. The topological polar surface area (TPSA) is 41.6 Å². The van der Waals surface area contributed by atoms with Crippen molar-refractivity contribution in [2.24, 2.45) is 0 Å². The molecule has 0 bridgehead atoms. The fourth-order valence-electron chi connectivity index (χ4n) is 3.00. The number of rotatable bonds is 7. The highest BCUT2D eigenvalue weighted by atomic mass is 35.5. The minimum atomic E-state index is -0.0553. The molecule has 2 aromatic rings. The maximum atomic E-state index is 12.5. The van der Waals surface area contributed by atoms with Crippen LogP contribution >= 0.6 is 22.9 Å². The van der Waals surface area contributed by atoms with Gasteiger partial charge in [0.05, 0.1) is 23.4 Å². The number of halogens is 1. The number of hydrogen-bond donors (Lipinski definition) is 1. The average Bonchev–Trinajstić information content (AvgIpc) is 3.24. The summed E-state index contributed by atoms with van der Waals surface area (Å²) in [5.41, 5.74) is 1.73. The number of carbonyl (C=O) groups is 1. The molecule has 1 aliphatic heterocycles. The first-order valence-corrected chi connectivity index (χ1v) is 9.78. The van der Waals surface area contributed by atoms with E-state index in [2.05, 4.69) is 21.7 Å². The lowest BCUT2D eigenvalue weighted by Crippen LogP contribution is -2.37. The summed E-state index contributed by atoms with van der Waals surface area (Å²) in [6.45, 7) is 4.64. The number of aryl methyl sites for hydroxylation is 1. The van der Waals surface area contributed by atoms with Crippen LogP contribution in [0.3, 0.4) is 0 Å². The van der Waals surface area contributed by atoms with Gasteiger partial charge in [0.15, 0.2) is 0 Å². The van der Waals surface area contributed by atoms with Crippen molar-refractivity contribution < 1.29 is 9.53 Å². The highest BCUT2D eigenvalue weighted by molar-refractivity contribution is 7.09. The number of amides is 1. The van der Waals surface area contributed by atoms with Gasteiger partial charge in [-0.25, -0.2) is 0 Å². The summed E-state index contributed by atoms with van der Waals surface area (Å²) in [5, 5.41) is 5.55. The van der Waals surface area contributed by atoms with Crippen molar-refractivity contribution in [2.45, 2.75) is 32.4 Å². The van der Waals surface area contributed by atoms with Gasteiger partial charge < -0.3 is 10.1 Å². The van der Waals surface area contributed by atoms with Crippen LogP contribution in [0, 0.1) is 6.92 Å². The van der Waals surface area contributed by atoms with Crippen LogP contribution in [0.5, 0.6) is 0 Å². The minimum Gasteiger partial charge on any atom is -0.377 e. The zero-order valence-electron chi connectivity index (χ0n) is 14.3. The molecule has 0 aliphatic carbocycles. The van der Waals surface area contributed by atoms with Crippen molar-refractivity contribution in [3.8, 4) is 0 Å². The molecule has 0 saturated carbocycles. The zero-order chi connectivity index (χ0) is 17.6. The van der Waals surface area contributed by atoms with E-state index in [1.807, 2.05) is 31.2 Å². The summed E-state index contributed by atoms with van der Waals surface area (Å²) in [6, 6.07) is 9.78. The number of thiophene rings is 1. The Balaban J connectivity index is 1.62. The van der Waals surface area contributed by atoms with Crippen LogP contribution < -0.4 is 5.32 Å². The third kappa shape index (κ3) is 5.54. The molecule has 3 rings (SSSR count). The fraction of sp³-hybridized carbons (Fsp3) is 0.421. The molecular formula is C19H23ClN2O2S. The molecule has 134 valence electrons. The second-order valence-electron chi connectivity index (χ2n) is 6.42. The van der Waals surface area contributed by atoms with Crippen LogP contribution in [-0.4, -0.2) is 36.6 Å². The van der Waals surface area contributed by atoms with E-state index in [4.69, 9.17) is 16.3 Å². The summed E-state index contributed by atoms with van der Waals surface area (Å²) in [6.07, 6.45) is 2.38. The number of anilines is 1. The molecule has 1 aromatic heterocycles. The Labute approximate surface area is 157 Å². The monoisotopic (exact) mass is 378 g/mol. The molecule has 1 atom stereocenters. The molecule has 25 heavy (non-hydrogen) atoms. The van der Waals surface area contributed by atoms with Crippen molar-refractivity contribution in [3.05, 3.63) is 51.2 Å². The smallest absolute Gasteiger partial charge is 0.238 e. The molecule has 1 N–H and O–H groups in total. The summed E-state index contributed by atoms with van der Waals surface area (Å²) < 4.78 is 5.74. The fourth-order valence-corrected chi connectivity index (χ4v) is 4.03. The molecule has 0 spiro atoms. The Kier molecular flexibility index (Phi) is 6.48. The number of ether oxygens (including phenoxy) is 1. The van der Waals surface area contributed by atoms with Gasteiger partial charge in [-0.2, -0.15) is 0 Å². The van der Waals surface area contributed by atoms with Crippen molar-refractivity contribution >= 4 is 34.5 Å². The van der Waals surface area contributed by atoms with Crippen LogP contribution in [0.25, 0.3) is 0 Å². The minimum absolute atomic E-state index is 0.0553. The first kappa shape index (κ1) is 18.4. The Hall–Kier alpha value is -1.40. The van der Waals surface area contributed by atoms with Gasteiger partial charge in [-0.15, -0.1) is 11.3 Å². The molecule has 0 radical (unpaired) electrons. The van der Waals surface area contributed by atoms with Gasteiger partial charge >= 0.3 is 0 Å². The van der Waals surface area contributed by atoms with E-state index >= 15 is 0 Å². The van der Waals surface area contributed by atoms with Gasteiger partial charge in [0.25, 0.3) is 0 Å². The lowest BCUT2D eigenvalue weighted by Gasteiger charge is -2.24. The van der Waals surface area contributed by atoms with E-state index in [1.54, 1.807) is 11.3 Å². The van der Waals surface area contributed by atoms with E-state index in [0.29, 0.717) is 17.3 Å². The van der Waals surface area contributed by atoms with Crippen molar-refractivity contribution in [1.29, 1.82) is 0 Å². The maximum Gasteiger partial charge on any atom is 0.238 e. The quantitative estimate of drug-likeness (QED) is 0.779. The third-order valence-electron chi connectivity index (χ3n) is 4.21. The Bertz CT molecular complexity index is 699. The number of nitrogens with one attached hydrogen (secondary N) is 1. The molecule has 1 unspecified atom stereocenters. The Morgan fingerprint density at radius 3 is 3.00 bits per heavy atom. The predicted molar refractivity (Wildman–Crippen MR) is 103 cm³/mol. The molecule has 1 amide bonds. The van der Waals surface area contributed by atoms with Crippen LogP contribution in [0.2, 0.25) is 5.02 Å². The van der Waals surface area contributed by atoms with E-state index in [0.717, 1.165) is 38.1 Å². The zero-order valence-corrected chi connectivity index (χ0v) is 15.9. The van der Waals surface area contributed by atoms with Crippen molar-refractivity contribution in [1.82, 2.24) is 4.90 Å². The van der Waals surface area contributed by atoms with E-state index < -0.39 is 0 Å². The second-order valence-corrected chi connectivity index (χ2v) is 7.85. The summed E-state index contributed by atoms with van der Waals surface area (Å²) in [4.78, 5) is 15.9. The highest BCUT2D eigenvalue weighted by Gasteiger charge is 2.21. The van der Waals surface area contributed by atoms with Gasteiger partial charge in [0.1, 0.15) is 0 Å². The lowest BCUT2D eigenvalue weighted by molar-refractivity contribution is -0.117. The predicted octanol–water partition coefficient (Wildman–Crippen LogP) is 4.33. The average molecular weight is 379 g/mol. The molecule has 1 aromatic carbocycles. The standard InChI is InChI=1S/C19H23ClN2O2S/c1-14-6-7-18(17(20)10-14)21-19(23)13-22(11-15-4-2-8-24-15)12-16-5-3-9-25-16/h3,5-7,9-10,15H,2,4,8,11-13H2,1H3,(H,21,23). The normalized spacial score (nSPS) is 17.2. The lowest BCUT2D eigenvalue weighted by atomic mass is 10.2. The molecule has 4 nitrogen and oxygen atoms in total. The van der Waals surface area contributed by atoms with E-state index in [-0.39, 0.29) is 12.0 Å². The van der Waals surface area contributed by atoms with Gasteiger partial charge in [-0.05, 0) is 48.9 Å². The SMILES string of the molecule is Cc1ccc(NC(=O)CN(Cc2cccs2)CC2CCCO2)c(Cl)c1. The number of nitrogens with zero attached hydrogens (tertiary/aromatic N) is 1. The van der Waals surface area contributed by atoms with Gasteiger partial charge in [-0.1, -0.05) is 23.7 Å². The molecule has 6 heteroatoms. The van der Waals surface area contributed by atoms with Crippen LogP contribution in [0.4, 0.5) is 5.69 Å². The second kappa shape index (κ2) is 8.81.